The molecule has 1 fully saturated rings. The van der Waals surface area contributed by atoms with E-state index >= 15 is 0 Å². The van der Waals surface area contributed by atoms with Gasteiger partial charge in [-0.15, -0.1) is 0 Å². The number of carbonyl (C=O) groups excluding carboxylic acids is 2. The van der Waals surface area contributed by atoms with Gasteiger partial charge in [-0.05, 0) is 39.0 Å². The molecule has 10 heteroatoms. The summed E-state index contributed by atoms with van der Waals surface area (Å²) in [7, 11) is -0.620. The van der Waals surface area contributed by atoms with Crippen LogP contribution >= 0.6 is 0 Å². The van der Waals surface area contributed by atoms with Crippen molar-refractivity contribution in [2.24, 2.45) is 5.92 Å². The highest BCUT2D eigenvalue weighted by Gasteiger charge is 2.36. The second kappa shape index (κ2) is 8.35. The van der Waals surface area contributed by atoms with Gasteiger partial charge in [0.2, 0.25) is 15.9 Å². The molecule has 2 heterocycles. The minimum atomic E-state index is -3.57. The third kappa shape index (κ3) is 4.06. The summed E-state index contributed by atoms with van der Waals surface area (Å²) < 4.78 is 33.3. The lowest BCUT2D eigenvalue weighted by molar-refractivity contribution is -0.150. The van der Waals surface area contributed by atoms with Crippen LogP contribution in [0.1, 0.15) is 33.0 Å². The van der Waals surface area contributed by atoms with Crippen LogP contribution in [0.25, 0.3) is 11.0 Å². The summed E-state index contributed by atoms with van der Waals surface area (Å²) in [6, 6.07) is 4.83. The fourth-order valence-corrected chi connectivity index (χ4v) is 4.56. The van der Waals surface area contributed by atoms with E-state index in [2.05, 4.69) is 4.98 Å². The molecular weight excluding hydrogens is 408 g/mol. The van der Waals surface area contributed by atoms with E-state index in [9.17, 15) is 18.0 Å². The largest absolute Gasteiger partial charge is 0.457 e. The van der Waals surface area contributed by atoms with E-state index in [-0.39, 0.29) is 29.9 Å². The molecule has 1 aromatic heterocycles. The molecule has 0 N–H and O–H groups in total. The van der Waals surface area contributed by atoms with Gasteiger partial charge in [-0.25, -0.2) is 17.7 Å². The van der Waals surface area contributed by atoms with Crippen LogP contribution in [-0.4, -0.2) is 65.7 Å². The zero-order chi connectivity index (χ0) is 22.2. The number of hydrogen-bond donors (Lipinski definition) is 0. The van der Waals surface area contributed by atoms with Gasteiger partial charge < -0.3 is 14.2 Å². The molecule has 1 aromatic carbocycles. The number of rotatable bonds is 7. The lowest BCUT2D eigenvalue weighted by Gasteiger charge is -2.20. The standard InChI is InChI=1S/C20H28N4O5S/c1-6-23-17-8-7-15(30(27,28)22(4)5)10-16(17)21-18(23)12-29-20(26)14-9-19(25)24(11-14)13(2)3/h7-8,10,13-14H,6,9,11-12H2,1-5H3. The molecule has 1 atom stereocenters. The predicted molar refractivity (Wildman–Crippen MR) is 111 cm³/mol. The first kappa shape index (κ1) is 22.2. The van der Waals surface area contributed by atoms with Crippen molar-refractivity contribution in [2.75, 3.05) is 20.6 Å². The van der Waals surface area contributed by atoms with E-state index in [0.29, 0.717) is 24.4 Å². The highest BCUT2D eigenvalue weighted by atomic mass is 32.2. The number of carbonyl (C=O) groups is 2. The first-order valence-corrected chi connectivity index (χ1v) is 11.4. The Bertz CT molecular complexity index is 1070. The summed E-state index contributed by atoms with van der Waals surface area (Å²) in [6.45, 7) is 6.69. The number of likely N-dealkylation sites (tertiary alicyclic amines) is 1. The number of aromatic nitrogens is 2. The number of sulfonamides is 1. The van der Waals surface area contributed by atoms with Crippen LogP contribution in [0.15, 0.2) is 23.1 Å². The Kier molecular flexibility index (Phi) is 6.19. The van der Waals surface area contributed by atoms with Gasteiger partial charge in [-0.3, -0.25) is 9.59 Å². The SMILES string of the molecule is CCn1c(COC(=O)C2CC(=O)N(C(C)C)C2)nc2cc(S(=O)(=O)N(C)C)ccc21. The van der Waals surface area contributed by atoms with Gasteiger partial charge >= 0.3 is 5.97 Å². The number of nitrogens with zero attached hydrogens (tertiary/aromatic N) is 4. The molecule has 9 nitrogen and oxygen atoms in total. The molecule has 1 aliphatic heterocycles. The lowest BCUT2D eigenvalue weighted by atomic mass is 10.1. The average Bonchev–Trinajstić information content (AvgIpc) is 3.25. The second-order valence-electron chi connectivity index (χ2n) is 7.86. The summed E-state index contributed by atoms with van der Waals surface area (Å²) in [5.74, 6) is -0.402. The maximum Gasteiger partial charge on any atom is 0.311 e. The molecule has 164 valence electrons. The van der Waals surface area contributed by atoms with Gasteiger partial charge in [0.05, 0.1) is 21.8 Å². The summed E-state index contributed by atoms with van der Waals surface area (Å²) >= 11 is 0. The Labute approximate surface area is 176 Å². The van der Waals surface area contributed by atoms with Crippen LogP contribution in [0.3, 0.4) is 0 Å². The van der Waals surface area contributed by atoms with Gasteiger partial charge in [0, 0.05) is 39.6 Å². The number of amides is 1. The van der Waals surface area contributed by atoms with Crippen molar-refractivity contribution < 1.29 is 22.7 Å². The minimum absolute atomic E-state index is 0.0382. The molecular formula is C20H28N4O5S. The van der Waals surface area contributed by atoms with Crippen LogP contribution in [-0.2, 0) is 37.5 Å². The van der Waals surface area contributed by atoms with E-state index < -0.39 is 21.9 Å². The molecule has 30 heavy (non-hydrogen) atoms. The third-order valence-corrected chi connectivity index (χ3v) is 7.16. The zero-order valence-electron chi connectivity index (χ0n) is 18.0. The molecule has 1 unspecified atom stereocenters. The van der Waals surface area contributed by atoms with E-state index in [1.54, 1.807) is 17.0 Å². The Morgan fingerprint density at radius 1 is 1.33 bits per heavy atom. The van der Waals surface area contributed by atoms with E-state index in [1.165, 1.54) is 20.2 Å². The van der Waals surface area contributed by atoms with Gasteiger partial charge in [0.15, 0.2) is 0 Å². The topological polar surface area (TPSA) is 102 Å². The first-order valence-electron chi connectivity index (χ1n) is 9.94. The smallest absolute Gasteiger partial charge is 0.311 e. The Morgan fingerprint density at radius 3 is 2.60 bits per heavy atom. The molecule has 0 saturated carbocycles. The van der Waals surface area contributed by atoms with Crippen molar-refractivity contribution in [3.8, 4) is 0 Å². The summed E-state index contributed by atoms with van der Waals surface area (Å²) in [5, 5.41) is 0. The van der Waals surface area contributed by atoms with Crippen molar-refractivity contribution in [3.63, 3.8) is 0 Å². The van der Waals surface area contributed by atoms with Gasteiger partial charge in [0.1, 0.15) is 12.4 Å². The van der Waals surface area contributed by atoms with Crippen LogP contribution < -0.4 is 0 Å². The van der Waals surface area contributed by atoms with Crippen molar-refractivity contribution >= 4 is 32.9 Å². The van der Waals surface area contributed by atoms with Crippen molar-refractivity contribution in [2.45, 2.75) is 51.3 Å². The summed E-state index contributed by atoms with van der Waals surface area (Å²) in [4.78, 5) is 30.9. The number of aryl methyl sites for hydroxylation is 1. The number of hydrogen-bond acceptors (Lipinski definition) is 6. The normalized spacial score (nSPS) is 17.5. The number of fused-ring (bicyclic) bond motifs is 1. The maximum absolute atomic E-state index is 12.5. The maximum atomic E-state index is 12.5. The number of ether oxygens (including phenoxy) is 1. The van der Waals surface area contributed by atoms with E-state index in [0.717, 1.165) is 9.82 Å². The Hall–Kier alpha value is -2.46. The van der Waals surface area contributed by atoms with Crippen LogP contribution in [0.4, 0.5) is 0 Å². The average molecular weight is 437 g/mol. The molecule has 1 saturated heterocycles. The van der Waals surface area contributed by atoms with Gasteiger partial charge in [-0.2, -0.15) is 0 Å². The zero-order valence-corrected chi connectivity index (χ0v) is 18.8. The number of esters is 1. The highest BCUT2D eigenvalue weighted by molar-refractivity contribution is 7.89. The fourth-order valence-electron chi connectivity index (χ4n) is 3.64. The Balaban J connectivity index is 1.79. The summed E-state index contributed by atoms with van der Waals surface area (Å²) in [5.41, 5.74) is 1.29. The predicted octanol–water partition coefficient (Wildman–Crippen LogP) is 1.61. The van der Waals surface area contributed by atoms with Gasteiger partial charge in [0.25, 0.3) is 0 Å². The van der Waals surface area contributed by atoms with E-state index in [1.807, 2.05) is 25.3 Å². The Morgan fingerprint density at radius 2 is 2.03 bits per heavy atom. The molecule has 1 aliphatic rings. The number of imidazole rings is 1. The molecule has 0 spiro atoms. The van der Waals surface area contributed by atoms with Crippen molar-refractivity contribution in [3.05, 3.63) is 24.0 Å². The molecule has 0 aliphatic carbocycles. The molecule has 3 rings (SSSR count). The summed E-state index contributed by atoms with van der Waals surface area (Å²) in [6.07, 6.45) is 0.160. The second-order valence-corrected chi connectivity index (χ2v) is 10.0. The van der Waals surface area contributed by atoms with Crippen molar-refractivity contribution in [1.82, 2.24) is 18.8 Å². The minimum Gasteiger partial charge on any atom is -0.457 e. The lowest BCUT2D eigenvalue weighted by Crippen LogP contribution is -2.33. The number of benzene rings is 1. The fraction of sp³-hybridized carbons (Fsp3) is 0.550. The van der Waals surface area contributed by atoms with Crippen LogP contribution in [0, 0.1) is 5.92 Å². The third-order valence-electron chi connectivity index (χ3n) is 5.35. The molecule has 1 amide bonds. The molecule has 2 aromatic rings. The van der Waals surface area contributed by atoms with Crippen LogP contribution in [0.5, 0.6) is 0 Å². The van der Waals surface area contributed by atoms with Gasteiger partial charge in [-0.1, -0.05) is 0 Å². The monoisotopic (exact) mass is 436 g/mol. The van der Waals surface area contributed by atoms with Crippen LogP contribution in [0.2, 0.25) is 0 Å². The quantitative estimate of drug-likeness (QED) is 0.611. The van der Waals surface area contributed by atoms with E-state index in [4.69, 9.17) is 4.74 Å². The van der Waals surface area contributed by atoms with Crippen molar-refractivity contribution in [1.29, 1.82) is 0 Å². The first-order chi connectivity index (χ1) is 14.1. The molecule has 0 radical (unpaired) electrons. The highest BCUT2D eigenvalue weighted by Crippen LogP contribution is 2.24. The molecule has 0 bridgehead atoms.